The molecule has 104 valence electrons. The van der Waals surface area contributed by atoms with Crippen molar-refractivity contribution < 1.29 is 4.79 Å². The number of nitrogens with zero attached hydrogens (tertiary/aromatic N) is 2. The maximum absolute atomic E-state index is 11.1. The van der Waals surface area contributed by atoms with E-state index in [4.69, 9.17) is 11.6 Å². The highest BCUT2D eigenvalue weighted by atomic mass is 35.5. The molecule has 4 heteroatoms. The predicted molar refractivity (Wildman–Crippen MR) is 80.3 cm³/mol. The molecular weight excluding hydrogens is 260 g/mol. The van der Waals surface area contributed by atoms with Crippen molar-refractivity contribution in [3.8, 4) is 0 Å². The van der Waals surface area contributed by atoms with Crippen LogP contribution in [0.5, 0.6) is 0 Å². The Morgan fingerprint density at radius 3 is 2.74 bits per heavy atom. The van der Waals surface area contributed by atoms with E-state index in [1.165, 1.54) is 25.9 Å². The average Bonchev–Trinajstić information content (AvgIpc) is 2.41. The van der Waals surface area contributed by atoms with E-state index >= 15 is 0 Å². The number of carbonyl (C=O) groups is 1. The number of aldehydes is 1. The van der Waals surface area contributed by atoms with Crippen LogP contribution >= 0.6 is 11.6 Å². The van der Waals surface area contributed by atoms with Crippen LogP contribution in [0.4, 0.5) is 5.69 Å². The highest BCUT2D eigenvalue weighted by Gasteiger charge is 2.19. The highest BCUT2D eigenvalue weighted by Crippen LogP contribution is 2.25. The number of anilines is 1. The van der Waals surface area contributed by atoms with Crippen LogP contribution in [0, 0.1) is 5.92 Å². The fourth-order valence-electron chi connectivity index (χ4n) is 2.70. The molecule has 0 atom stereocenters. The molecule has 1 heterocycles. The van der Waals surface area contributed by atoms with Gasteiger partial charge in [0.25, 0.3) is 0 Å². The maximum Gasteiger partial charge on any atom is 0.152 e. The molecule has 0 aliphatic carbocycles. The van der Waals surface area contributed by atoms with Gasteiger partial charge in [0, 0.05) is 29.9 Å². The van der Waals surface area contributed by atoms with Gasteiger partial charge in [0.1, 0.15) is 0 Å². The minimum atomic E-state index is 0.610. The van der Waals surface area contributed by atoms with Crippen molar-refractivity contribution in [3.63, 3.8) is 0 Å². The Kier molecular flexibility index (Phi) is 4.83. The first-order valence-corrected chi connectivity index (χ1v) is 7.12. The summed E-state index contributed by atoms with van der Waals surface area (Å²) in [6.45, 7) is 3.33. The average molecular weight is 281 g/mol. The van der Waals surface area contributed by atoms with E-state index in [1.807, 2.05) is 12.1 Å². The normalized spacial score (nSPS) is 17.4. The van der Waals surface area contributed by atoms with Crippen LogP contribution in [0.3, 0.4) is 0 Å². The quantitative estimate of drug-likeness (QED) is 0.793. The van der Waals surface area contributed by atoms with Crippen molar-refractivity contribution in [3.05, 3.63) is 28.8 Å². The Morgan fingerprint density at radius 2 is 2.11 bits per heavy atom. The second-order valence-corrected chi connectivity index (χ2v) is 5.88. The Bertz CT molecular complexity index is 442. The lowest BCUT2D eigenvalue weighted by Crippen LogP contribution is -2.36. The summed E-state index contributed by atoms with van der Waals surface area (Å²) in [6, 6.07) is 5.51. The Balaban J connectivity index is 2.03. The topological polar surface area (TPSA) is 23.6 Å². The summed E-state index contributed by atoms with van der Waals surface area (Å²) in [7, 11) is 4.22. The summed E-state index contributed by atoms with van der Waals surface area (Å²) >= 11 is 5.93. The third-order valence-corrected chi connectivity index (χ3v) is 4.13. The molecule has 1 aliphatic rings. The molecule has 1 aromatic rings. The zero-order valence-electron chi connectivity index (χ0n) is 11.6. The molecule has 0 bridgehead atoms. The van der Waals surface area contributed by atoms with Crippen molar-refractivity contribution in [2.24, 2.45) is 5.92 Å². The van der Waals surface area contributed by atoms with E-state index in [0.717, 1.165) is 18.5 Å². The van der Waals surface area contributed by atoms with Gasteiger partial charge in [-0.3, -0.25) is 4.79 Å². The molecule has 0 aromatic heterocycles. The third kappa shape index (κ3) is 3.71. The minimum absolute atomic E-state index is 0.610. The van der Waals surface area contributed by atoms with Gasteiger partial charge in [-0.1, -0.05) is 11.6 Å². The maximum atomic E-state index is 11.1. The van der Waals surface area contributed by atoms with Gasteiger partial charge >= 0.3 is 0 Å². The van der Waals surface area contributed by atoms with Crippen LogP contribution < -0.4 is 4.90 Å². The highest BCUT2D eigenvalue weighted by molar-refractivity contribution is 6.31. The van der Waals surface area contributed by atoms with Crippen LogP contribution in [0.1, 0.15) is 23.2 Å². The summed E-state index contributed by atoms with van der Waals surface area (Å²) in [5.41, 5.74) is 1.64. The standard InChI is InChI=1S/C15H21ClN2O/c1-17-7-5-12(6-8-17)10-18(2)15-4-3-14(16)9-13(15)11-19/h3-4,9,11-12H,5-8,10H2,1-2H3. The number of rotatable bonds is 4. The fraction of sp³-hybridized carbons (Fsp3) is 0.533. The molecule has 1 saturated heterocycles. The molecule has 1 aliphatic heterocycles. The second kappa shape index (κ2) is 6.40. The second-order valence-electron chi connectivity index (χ2n) is 5.45. The SMILES string of the molecule is CN1CCC(CN(C)c2ccc(Cl)cc2C=O)CC1. The van der Waals surface area contributed by atoms with E-state index < -0.39 is 0 Å². The first kappa shape index (κ1) is 14.4. The summed E-state index contributed by atoms with van der Waals surface area (Å²) in [6.07, 6.45) is 3.34. The van der Waals surface area contributed by atoms with E-state index in [-0.39, 0.29) is 0 Å². The van der Waals surface area contributed by atoms with Crippen molar-refractivity contribution in [2.45, 2.75) is 12.8 Å². The summed E-state index contributed by atoms with van der Waals surface area (Å²) in [4.78, 5) is 15.7. The first-order chi connectivity index (χ1) is 9.10. The summed E-state index contributed by atoms with van der Waals surface area (Å²) in [5, 5.41) is 0.610. The van der Waals surface area contributed by atoms with Crippen LogP contribution in [-0.4, -0.2) is 44.9 Å². The molecular formula is C15H21ClN2O. The molecule has 0 saturated carbocycles. The van der Waals surface area contributed by atoms with E-state index in [2.05, 4.69) is 23.9 Å². The van der Waals surface area contributed by atoms with Gasteiger partial charge in [0.05, 0.1) is 0 Å². The predicted octanol–water partition coefficient (Wildman–Crippen LogP) is 2.93. The van der Waals surface area contributed by atoms with Crippen molar-refractivity contribution in [1.29, 1.82) is 0 Å². The molecule has 0 radical (unpaired) electrons. The smallest absolute Gasteiger partial charge is 0.152 e. The van der Waals surface area contributed by atoms with Gasteiger partial charge in [0.2, 0.25) is 0 Å². The van der Waals surface area contributed by atoms with Gasteiger partial charge < -0.3 is 9.80 Å². The monoisotopic (exact) mass is 280 g/mol. The number of halogens is 1. The number of piperidine rings is 1. The van der Waals surface area contributed by atoms with E-state index in [1.54, 1.807) is 6.07 Å². The van der Waals surface area contributed by atoms with Crippen LogP contribution in [0.25, 0.3) is 0 Å². The molecule has 0 unspecified atom stereocenters. The molecule has 2 rings (SSSR count). The summed E-state index contributed by atoms with van der Waals surface area (Å²) < 4.78 is 0. The van der Waals surface area contributed by atoms with Crippen LogP contribution in [0.2, 0.25) is 5.02 Å². The molecule has 19 heavy (non-hydrogen) atoms. The lowest BCUT2D eigenvalue weighted by molar-refractivity contribution is 0.112. The zero-order valence-corrected chi connectivity index (χ0v) is 12.4. The van der Waals surface area contributed by atoms with Crippen molar-refractivity contribution in [2.75, 3.05) is 38.6 Å². The first-order valence-electron chi connectivity index (χ1n) is 6.74. The van der Waals surface area contributed by atoms with E-state index in [9.17, 15) is 4.79 Å². The van der Waals surface area contributed by atoms with Crippen LogP contribution in [0.15, 0.2) is 18.2 Å². The summed E-state index contributed by atoms with van der Waals surface area (Å²) in [5.74, 6) is 0.705. The zero-order chi connectivity index (χ0) is 13.8. The van der Waals surface area contributed by atoms with Gasteiger partial charge in [-0.25, -0.2) is 0 Å². The molecule has 3 nitrogen and oxygen atoms in total. The molecule has 0 spiro atoms. The molecule has 1 fully saturated rings. The van der Waals surface area contributed by atoms with Gasteiger partial charge in [-0.2, -0.15) is 0 Å². The number of hydrogen-bond donors (Lipinski definition) is 0. The number of likely N-dealkylation sites (tertiary alicyclic amines) is 1. The number of carbonyl (C=O) groups excluding carboxylic acids is 1. The number of benzene rings is 1. The number of hydrogen-bond acceptors (Lipinski definition) is 3. The van der Waals surface area contributed by atoms with Gasteiger partial charge in [-0.05, 0) is 57.1 Å². The Hall–Kier alpha value is -1.06. The Morgan fingerprint density at radius 1 is 1.42 bits per heavy atom. The molecule has 0 N–H and O–H groups in total. The Labute approximate surface area is 120 Å². The fourth-order valence-corrected chi connectivity index (χ4v) is 2.88. The molecule has 0 amide bonds. The van der Waals surface area contributed by atoms with E-state index in [0.29, 0.717) is 16.5 Å². The third-order valence-electron chi connectivity index (χ3n) is 3.90. The van der Waals surface area contributed by atoms with Gasteiger partial charge in [0.15, 0.2) is 6.29 Å². The lowest BCUT2D eigenvalue weighted by atomic mass is 9.96. The van der Waals surface area contributed by atoms with Crippen LogP contribution in [-0.2, 0) is 0 Å². The van der Waals surface area contributed by atoms with Crippen molar-refractivity contribution >= 4 is 23.6 Å². The minimum Gasteiger partial charge on any atom is -0.374 e. The largest absolute Gasteiger partial charge is 0.374 e. The van der Waals surface area contributed by atoms with Gasteiger partial charge in [-0.15, -0.1) is 0 Å². The molecule has 1 aromatic carbocycles. The van der Waals surface area contributed by atoms with Crippen molar-refractivity contribution in [1.82, 2.24) is 4.90 Å². The lowest BCUT2D eigenvalue weighted by Gasteiger charge is -2.32.